The quantitative estimate of drug-likeness (QED) is 0.626. The van der Waals surface area contributed by atoms with Crippen LogP contribution in [0.1, 0.15) is 12.6 Å². The maximum Gasteiger partial charge on any atom is 0.285 e. The Morgan fingerprint density at radius 3 is 2.93 bits per heavy atom. The first-order valence-electron chi connectivity index (χ1n) is 4.15. The van der Waals surface area contributed by atoms with E-state index in [1.165, 1.54) is 17.6 Å². The number of aliphatic hydroxyl groups excluding tert-OH is 1. The van der Waals surface area contributed by atoms with Crippen LogP contribution in [0, 0.1) is 6.92 Å². The standard InChI is InChI=1S/C9H9N3O2/c1-5-3-8-10-4-7(6(2)13)9(14)12(8)11-5/h3-4,13H,1-2H3/b7-6+. The van der Waals surface area contributed by atoms with Gasteiger partial charge in [0.15, 0.2) is 5.65 Å². The van der Waals surface area contributed by atoms with Gasteiger partial charge in [-0.15, -0.1) is 0 Å². The van der Waals surface area contributed by atoms with E-state index in [0.29, 0.717) is 5.65 Å². The Hall–Kier alpha value is -1.91. The van der Waals surface area contributed by atoms with E-state index in [4.69, 9.17) is 0 Å². The number of aliphatic hydroxyl groups is 1. The number of fused-ring (bicyclic) bond motifs is 1. The van der Waals surface area contributed by atoms with Crippen LogP contribution >= 0.6 is 0 Å². The van der Waals surface area contributed by atoms with Crippen LogP contribution in [-0.2, 0) is 0 Å². The maximum absolute atomic E-state index is 11.7. The van der Waals surface area contributed by atoms with Crippen molar-refractivity contribution in [2.75, 3.05) is 0 Å². The van der Waals surface area contributed by atoms with Gasteiger partial charge in [0.05, 0.1) is 10.9 Å². The van der Waals surface area contributed by atoms with Gasteiger partial charge in [-0.2, -0.15) is 9.61 Å². The Morgan fingerprint density at radius 1 is 1.57 bits per heavy atom. The molecule has 0 bridgehead atoms. The van der Waals surface area contributed by atoms with Crippen molar-refractivity contribution < 1.29 is 5.11 Å². The van der Waals surface area contributed by atoms with E-state index in [1.807, 2.05) is 0 Å². The molecule has 0 unspecified atom stereocenters. The van der Waals surface area contributed by atoms with Crippen LogP contribution in [0.3, 0.4) is 0 Å². The third-order valence-corrected chi connectivity index (χ3v) is 1.95. The van der Waals surface area contributed by atoms with Gasteiger partial charge >= 0.3 is 0 Å². The normalized spacial score (nSPS) is 13.3. The molecule has 0 aromatic carbocycles. The largest absolute Gasteiger partial charge is 0.512 e. The number of nitrogens with zero attached hydrogens (tertiary/aromatic N) is 3. The average Bonchev–Trinajstić information content (AvgIpc) is 2.46. The molecule has 0 aliphatic carbocycles. The van der Waals surface area contributed by atoms with Crippen molar-refractivity contribution in [3.63, 3.8) is 0 Å². The lowest BCUT2D eigenvalue weighted by Gasteiger charge is -1.91. The molecule has 0 aliphatic heterocycles. The zero-order valence-corrected chi connectivity index (χ0v) is 7.85. The van der Waals surface area contributed by atoms with Crippen LogP contribution in [0.5, 0.6) is 0 Å². The van der Waals surface area contributed by atoms with E-state index in [-0.39, 0.29) is 16.5 Å². The molecule has 0 aliphatic rings. The highest BCUT2D eigenvalue weighted by Gasteiger charge is 2.04. The Labute approximate surface area is 79.3 Å². The van der Waals surface area contributed by atoms with Crippen LogP contribution in [0.25, 0.3) is 11.4 Å². The monoisotopic (exact) mass is 191 g/mol. The summed E-state index contributed by atoms with van der Waals surface area (Å²) in [5, 5.41) is 13.4. The van der Waals surface area contributed by atoms with E-state index >= 15 is 0 Å². The number of aryl methyl sites for hydroxylation is 1. The molecule has 2 heterocycles. The molecule has 72 valence electrons. The molecular formula is C9H9N3O2. The summed E-state index contributed by atoms with van der Waals surface area (Å²) in [5.41, 5.74) is 0.878. The van der Waals surface area contributed by atoms with Gasteiger partial charge in [-0.25, -0.2) is 4.98 Å². The maximum atomic E-state index is 11.7. The van der Waals surface area contributed by atoms with Gasteiger partial charge in [0.1, 0.15) is 5.76 Å². The lowest BCUT2D eigenvalue weighted by atomic mass is 10.4. The highest BCUT2D eigenvalue weighted by Crippen LogP contribution is 1.96. The minimum Gasteiger partial charge on any atom is -0.512 e. The third kappa shape index (κ3) is 1.14. The van der Waals surface area contributed by atoms with Gasteiger partial charge in [-0.1, -0.05) is 0 Å². The smallest absolute Gasteiger partial charge is 0.285 e. The van der Waals surface area contributed by atoms with E-state index < -0.39 is 0 Å². The predicted molar refractivity (Wildman–Crippen MR) is 50.9 cm³/mol. The molecule has 0 amide bonds. The summed E-state index contributed by atoms with van der Waals surface area (Å²) in [6, 6.07) is 1.71. The Balaban J connectivity index is 3.03. The molecule has 5 heteroatoms. The van der Waals surface area contributed by atoms with Gasteiger partial charge in [0.2, 0.25) is 0 Å². The summed E-state index contributed by atoms with van der Waals surface area (Å²) in [6.07, 6.45) is 1.36. The van der Waals surface area contributed by atoms with E-state index in [1.54, 1.807) is 13.0 Å². The third-order valence-electron chi connectivity index (χ3n) is 1.95. The van der Waals surface area contributed by atoms with Crippen molar-refractivity contribution in [1.82, 2.24) is 14.6 Å². The fraction of sp³-hybridized carbons (Fsp3) is 0.222. The van der Waals surface area contributed by atoms with E-state index in [9.17, 15) is 9.90 Å². The fourth-order valence-electron chi connectivity index (χ4n) is 1.28. The Morgan fingerprint density at radius 2 is 2.29 bits per heavy atom. The molecule has 5 nitrogen and oxygen atoms in total. The topological polar surface area (TPSA) is 67.5 Å². The summed E-state index contributed by atoms with van der Waals surface area (Å²) in [6.45, 7) is 3.23. The predicted octanol–water partition coefficient (Wildman–Crippen LogP) is -0.197. The first-order chi connectivity index (χ1) is 6.59. The lowest BCUT2D eigenvalue weighted by Crippen LogP contribution is -2.33. The molecule has 2 rings (SSSR count). The second kappa shape index (κ2) is 2.80. The van der Waals surface area contributed by atoms with E-state index in [0.717, 1.165) is 5.69 Å². The Kier molecular flexibility index (Phi) is 1.73. The molecule has 0 spiro atoms. The van der Waals surface area contributed by atoms with Crippen molar-refractivity contribution in [2.45, 2.75) is 13.8 Å². The van der Waals surface area contributed by atoms with Gasteiger partial charge in [-0.05, 0) is 13.8 Å². The van der Waals surface area contributed by atoms with Crippen LogP contribution in [0.15, 0.2) is 17.1 Å². The highest BCUT2D eigenvalue weighted by molar-refractivity contribution is 5.40. The lowest BCUT2D eigenvalue weighted by molar-refractivity contribution is 0.497. The SMILES string of the molecule is C/C(O)=c1/cnc2cc(C)nn2c1=O. The number of hydrogen-bond acceptors (Lipinski definition) is 4. The summed E-state index contributed by atoms with van der Waals surface area (Å²) in [4.78, 5) is 15.7. The molecule has 2 aromatic rings. The van der Waals surface area contributed by atoms with Crippen molar-refractivity contribution in [1.29, 1.82) is 0 Å². The summed E-state index contributed by atoms with van der Waals surface area (Å²) >= 11 is 0. The number of aromatic nitrogens is 3. The molecule has 14 heavy (non-hydrogen) atoms. The minimum atomic E-state index is -0.344. The molecule has 1 N–H and O–H groups in total. The van der Waals surface area contributed by atoms with Crippen molar-refractivity contribution in [3.8, 4) is 0 Å². The second-order valence-electron chi connectivity index (χ2n) is 3.12. The minimum absolute atomic E-state index is 0.0439. The summed E-state index contributed by atoms with van der Waals surface area (Å²) in [5.74, 6) is -0.0439. The molecule has 0 radical (unpaired) electrons. The summed E-state index contributed by atoms with van der Waals surface area (Å²) in [7, 11) is 0. The van der Waals surface area contributed by atoms with Crippen molar-refractivity contribution in [3.05, 3.63) is 33.5 Å². The zero-order valence-electron chi connectivity index (χ0n) is 7.85. The first kappa shape index (κ1) is 8.68. The van der Waals surface area contributed by atoms with Crippen LogP contribution < -0.4 is 10.8 Å². The zero-order chi connectivity index (χ0) is 10.3. The van der Waals surface area contributed by atoms with E-state index in [2.05, 4.69) is 10.1 Å². The highest BCUT2D eigenvalue weighted by atomic mass is 16.3. The van der Waals surface area contributed by atoms with Crippen LogP contribution in [0.4, 0.5) is 0 Å². The van der Waals surface area contributed by atoms with Crippen LogP contribution in [-0.4, -0.2) is 19.7 Å². The molecular weight excluding hydrogens is 182 g/mol. The molecule has 0 fully saturated rings. The molecule has 0 atom stereocenters. The molecule has 2 aromatic heterocycles. The van der Waals surface area contributed by atoms with Gasteiger partial charge in [0, 0.05) is 12.3 Å². The molecule has 0 saturated carbocycles. The van der Waals surface area contributed by atoms with Crippen LogP contribution in [0.2, 0.25) is 0 Å². The van der Waals surface area contributed by atoms with Gasteiger partial charge in [-0.3, -0.25) is 4.79 Å². The van der Waals surface area contributed by atoms with Crippen molar-refractivity contribution in [2.24, 2.45) is 0 Å². The first-order valence-corrected chi connectivity index (χ1v) is 4.15. The number of rotatable bonds is 0. The second-order valence-corrected chi connectivity index (χ2v) is 3.12. The fourth-order valence-corrected chi connectivity index (χ4v) is 1.28. The molecule has 0 saturated heterocycles. The van der Waals surface area contributed by atoms with Gasteiger partial charge in [0.25, 0.3) is 5.56 Å². The number of hydrogen-bond donors (Lipinski definition) is 1. The average molecular weight is 191 g/mol. The Bertz CT molecular complexity index is 596. The summed E-state index contributed by atoms with van der Waals surface area (Å²) < 4.78 is 1.18. The van der Waals surface area contributed by atoms with Gasteiger partial charge < -0.3 is 5.11 Å². The van der Waals surface area contributed by atoms with Crippen molar-refractivity contribution >= 4 is 11.4 Å².